The maximum Gasteiger partial charge on any atom is 0.130 e. The molecule has 1 heterocycles. The molecule has 0 aliphatic carbocycles. The molecular formula is C15H19FN2O. The Kier molecular flexibility index (Phi) is 3.60. The van der Waals surface area contributed by atoms with E-state index >= 15 is 0 Å². The van der Waals surface area contributed by atoms with Gasteiger partial charge in [0.05, 0.1) is 18.2 Å². The zero-order valence-electron chi connectivity index (χ0n) is 11.8. The van der Waals surface area contributed by atoms with Crippen LogP contribution in [0.4, 0.5) is 4.39 Å². The highest BCUT2D eigenvalue weighted by Crippen LogP contribution is 2.33. The number of benzene rings is 1. The minimum absolute atomic E-state index is 0.227. The Balaban J connectivity index is 2.26. The Bertz CT molecular complexity index is 570. The van der Waals surface area contributed by atoms with Gasteiger partial charge in [-0.15, -0.1) is 0 Å². The number of hydrogen-bond acceptors (Lipinski definition) is 2. The molecule has 0 aliphatic heterocycles. The summed E-state index contributed by atoms with van der Waals surface area (Å²) in [6, 6.07) is 4.95. The molecule has 0 radical (unpaired) electrons. The van der Waals surface area contributed by atoms with Gasteiger partial charge in [-0.2, -0.15) is 0 Å². The molecule has 4 heteroatoms. The molecule has 1 aromatic heterocycles. The topological polar surface area (TPSA) is 27.1 Å². The molecule has 0 amide bonds. The predicted molar refractivity (Wildman–Crippen MR) is 72.6 cm³/mol. The molecule has 0 N–H and O–H groups in total. The van der Waals surface area contributed by atoms with Gasteiger partial charge in [-0.3, -0.25) is 0 Å². The molecule has 2 aromatic rings. The molecule has 0 aliphatic rings. The Labute approximate surface area is 113 Å². The summed E-state index contributed by atoms with van der Waals surface area (Å²) in [6.45, 7) is 6.30. The molecule has 0 spiro atoms. The van der Waals surface area contributed by atoms with Crippen molar-refractivity contribution in [2.45, 2.75) is 32.8 Å². The van der Waals surface area contributed by atoms with Gasteiger partial charge in [0.15, 0.2) is 0 Å². The van der Waals surface area contributed by atoms with E-state index < -0.39 is 0 Å². The number of ether oxygens (including phenoxy) is 1. The minimum atomic E-state index is -0.298. The first kappa shape index (κ1) is 13.6. The average molecular weight is 262 g/mol. The summed E-state index contributed by atoms with van der Waals surface area (Å²) in [5, 5.41) is 0. The van der Waals surface area contributed by atoms with Crippen LogP contribution in [0.25, 0.3) is 0 Å². The Hall–Kier alpha value is -1.84. The van der Waals surface area contributed by atoms with E-state index in [-0.39, 0.29) is 11.2 Å². The third kappa shape index (κ3) is 2.95. The summed E-state index contributed by atoms with van der Waals surface area (Å²) >= 11 is 0. The van der Waals surface area contributed by atoms with Crippen LogP contribution in [0.5, 0.6) is 5.75 Å². The number of hydrogen-bond donors (Lipinski definition) is 0. The smallest absolute Gasteiger partial charge is 0.130 e. The lowest BCUT2D eigenvalue weighted by Crippen LogP contribution is -2.16. The molecule has 0 fully saturated rings. The van der Waals surface area contributed by atoms with Crippen molar-refractivity contribution in [1.82, 2.24) is 9.55 Å². The van der Waals surface area contributed by atoms with Crippen LogP contribution in [-0.4, -0.2) is 9.55 Å². The summed E-state index contributed by atoms with van der Waals surface area (Å²) in [7, 11) is 1.90. The molecule has 102 valence electrons. The van der Waals surface area contributed by atoms with Crippen LogP contribution in [0.15, 0.2) is 30.7 Å². The van der Waals surface area contributed by atoms with E-state index in [0.29, 0.717) is 17.9 Å². The van der Waals surface area contributed by atoms with Crippen molar-refractivity contribution in [3.8, 4) is 5.75 Å². The maximum atomic E-state index is 14.0. The number of halogens is 1. The number of aromatic nitrogens is 2. The summed E-state index contributed by atoms with van der Waals surface area (Å²) in [6.07, 6.45) is 3.46. The van der Waals surface area contributed by atoms with Gasteiger partial charge in [-0.25, -0.2) is 9.37 Å². The van der Waals surface area contributed by atoms with Crippen molar-refractivity contribution < 1.29 is 9.13 Å². The standard InChI is InChI=1S/C15H19FN2O/c1-15(2,3)14-12(16)6-5-7-13(14)19-9-11-8-17-10-18(11)4/h5-8,10H,9H2,1-4H3. The van der Waals surface area contributed by atoms with E-state index in [1.165, 1.54) is 6.07 Å². The molecule has 19 heavy (non-hydrogen) atoms. The van der Waals surface area contributed by atoms with Crippen LogP contribution in [0.2, 0.25) is 0 Å². The van der Waals surface area contributed by atoms with E-state index in [1.807, 2.05) is 32.4 Å². The summed E-state index contributed by atoms with van der Waals surface area (Å²) in [4.78, 5) is 4.03. The van der Waals surface area contributed by atoms with Crippen molar-refractivity contribution >= 4 is 0 Å². The predicted octanol–water partition coefficient (Wildman–Crippen LogP) is 3.44. The fourth-order valence-electron chi connectivity index (χ4n) is 2.03. The summed E-state index contributed by atoms with van der Waals surface area (Å²) < 4.78 is 21.6. The molecule has 2 rings (SSSR count). The SMILES string of the molecule is Cn1cncc1COc1cccc(F)c1C(C)(C)C. The van der Waals surface area contributed by atoms with Crippen LogP contribution in [0.3, 0.4) is 0 Å². The van der Waals surface area contributed by atoms with Gasteiger partial charge in [0.2, 0.25) is 0 Å². The average Bonchev–Trinajstić information content (AvgIpc) is 2.70. The van der Waals surface area contributed by atoms with Gasteiger partial charge in [0, 0.05) is 12.6 Å². The molecule has 3 nitrogen and oxygen atoms in total. The van der Waals surface area contributed by atoms with E-state index in [4.69, 9.17) is 4.74 Å². The fraction of sp³-hybridized carbons (Fsp3) is 0.400. The van der Waals surface area contributed by atoms with E-state index in [9.17, 15) is 4.39 Å². The van der Waals surface area contributed by atoms with Crippen LogP contribution in [0.1, 0.15) is 32.0 Å². The van der Waals surface area contributed by atoms with Crippen molar-refractivity contribution in [2.24, 2.45) is 7.05 Å². The first-order chi connectivity index (χ1) is 8.89. The van der Waals surface area contributed by atoms with Crippen LogP contribution >= 0.6 is 0 Å². The Morgan fingerprint density at radius 1 is 1.32 bits per heavy atom. The summed E-state index contributed by atoms with van der Waals surface area (Å²) in [5.74, 6) is 0.365. The summed E-state index contributed by atoms with van der Waals surface area (Å²) in [5.41, 5.74) is 1.26. The quantitative estimate of drug-likeness (QED) is 0.847. The van der Waals surface area contributed by atoms with Crippen molar-refractivity contribution in [1.29, 1.82) is 0 Å². The van der Waals surface area contributed by atoms with Crippen LogP contribution in [-0.2, 0) is 19.1 Å². The zero-order valence-corrected chi connectivity index (χ0v) is 11.8. The van der Waals surface area contributed by atoms with Gasteiger partial charge in [-0.1, -0.05) is 26.8 Å². The third-order valence-electron chi connectivity index (χ3n) is 3.02. The Morgan fingerprint density at radius 3 is 2.63 bits per heavy atom. The molecule has 0 saturated carbocycles. The lowest BCUT2D eigenvalue weighted by atomic mass is 9.86. The Morgan fingerprint density at radius 2 is 2.05 bits per heavy atom. The number of nitrogens with zero attached hydrogens (tertiary/aromatic N) is 2. The second kappa shape index (κ2) is 5.03. The normalized spacial score (nSPS) is 11.6. The lowest BCUT2D eigenvalue weighted by molar-refractivity contribution is 0.286. The largest absolute Gasteiger partial charge is 0.487 e. The molecule has 1 aromatic carbocycles. The van der Waals surface area contributed by atoms with Gasteiger partial charge in [-0.05, 0) is 17.5 Å². The highest BCUT2D eigenvalue weighted by Gasteiger charge is 2.23. The van der Waals surface area contributed by atoms with Crippen molar-refractivity contribution in [3.63, 3.8) is 0 Å². The number of rotatable bonds is 3. The first-order valence-electron chi connectivity index (χ1n) is 6.26. The van der Waals surface area contributed by atoms with Gasteiger partial charge in [0.25, 0.3) is 0 Å². The van der Waals surface area contributed by atoms with E-state index in [2.05, 4.69) is 4.98 Å². The van der Waals surface area contributed by atoms with Crippen LogP contribution in [0, 0.1) is 5.82 Å². The molecule has 0 unspecified atom stereocenters. The van der Waals surface area contributed by atoms with Gasteiger partial charge >= 0.3 is 0 Å². The van der Waals surface area contributed by atoms with E-state index in [0.717, 1.165) is 5.69 Å². The fourth-order valence-corrected chi connectivity index (χ4v) is 2.03. The highest BCUT2D eigenvalue weighted by molar-refractivity contribution is 5.39. The van der Waals surface area contributed by atoms with Crippen molar-refractivity contribution in [3.05, 3.63) is 47.8 Å². The minimum Gasteiger partial charge on any atom is -0.487 e. The second-order valence-electron chi connectivity index (χ2n) is 5.65. The van der Waals surface area contributed by atoms with Crippen LogP contribution < -0.4 is 4.74 Å². The van der Waals surface area contributed by atoms with Crippen molar-refractivity contribution in [2.75, 3.05) is 0 Å². The second-order valence-corrected chi connectivity index (χ2v) is 5.65. The highest BCUT2D eigenvalue weighted by atomic mass is 19.1. The maximum absolute atomic E-state index is 14.0. The third-order valence-corrected chi connectivity index (χ3v) is 3.02. The monoisotopic (exact) mass is 262 g/mol. The van der Waals surface area contributed by atoms with Gasteiger partial charge < -0.3 is 9.30 Å². The molecule has 0 atom stereocenters. The first-order valence-corrected chi connectivity index (χ1v) is 6.26. The lowest BCUT2D eigenvalue weighted by Gasteiger charge is -2.23. The number of aryl methyl sites for hydroxylation is 1. The molecule has 0 bridgehead atoms. The molecule has 0 saturated heterocycles. The van der Waals surface area contributed by atoms with E-state index in [1.54, 1.807) is 24.7 Å². The van der Waals surface area contributed by atoms with Gasteiger partial charge in [0.1, 0.15) is 18.2 Å². The molecular weight excluding hydrogens is 243 g/mol. The zero-order chi connectivity index (χ0) is 14.0. The number of imidazole rings is 1.